The lowest BCUT2D eigenvalue weighted by molar-refractivity contribution is 0.177. The standard InChI is InChI=1S/C10H15N5O2/c1-6-4-8(13-15(6)2)10-12-9(14-17-10)7(11)5-16-3/h4,7H,5,11H2,1-3H3. The molecule has 0 spiro atoms. The summed E-state index contributed by atoms with van der Waals surface area (Å²) >= 11 is 0. The number of hydrogen-bond acceptors (Lipinski definition) is 6. The highest BCUT2D eigenvalue weighted by Crippen LogP contribution is 2.18. The summed E-state index contributed by atoms with van der Waals surface area (Å²) in [6.45, 7) is 2.30. The van der Waals surface area contributed by atoms with Crippen molar-refractivity contribution in [3.63, 3.8) is 0 Å². The largest absolute Gasteiger partial charge is 0.383 e. The molecule has 17 heavy (non-hydrogen) atoms. The van der Waals surface area contributed by atoms with Gasteiger partial charge >= 0.3 is 0 Å². The van der Waals surface area contributed by atoms with Crippen molar-refractivity contribution in [2.24, 2.45) is 12.8 Å². The molecule has 0 aliphatic rings. The lowest BCUT2D eigenvalue weighted by Gasteiger charge is -2.02. The van der Waals surface area contributed by atoms with Gasteiger partial charge in [-0.1, -0.05) is 5.16 Å². The van der Waals surface area contributed by atoms with Crippen LogP contribution in [0.3, 0.4) is 0 Å². The third-order valence-corrected chi connectivity index (χ3v) is 2.45. The first kappa shape index (κ1) is 11.7. The van der Waals surface area contributed by atoms with E-state index in [1.165, 1.54) is 0 Å². The van der Waals surface area contributed by atoms with Crippen LogP contribution in [-0.4, -0.2) is 33.6 Å². The van der Waals surface area contributed by atoms with Crippen LogP contribution in [0, 0.1) is 6.92 Å². The van der Waals surface area contributed by atoms with Gasteiger partial charge in [-0.25, -0.2) is 0 Å². The molecular weight excluding hydrogens is 222 g/mol. The van der Waals surface area contributed by atoms with Gasteiger partial charge in [0.05, 0.1) is 12.6 Å². The van der Waals surface area contributed by atoms with Crippen LogP contribution in [0.15, 0.2) is 10.6 Å². The van der Waals surface area contributed by atoms with Gasteiger partial charge in [-0.05, 0) is 13.0 Å². The van der Waals surface area contributed by atoms with E-state index in [1.807, 2.05) is 20.0 Å². The van der Waals surface area contributed by atoms with Crippen LogP contribution < -0.4 is 5.73 Å². The summed E-state index contributed by atoms with van der Waals surface area (Å²) in [5, 5.41) is 8.06. The molecule has 0 bridgehead atoms. The molecule has 0 radical (unpaired) electrons. The maximum absolute atomic E-state index is 5.80. The Kier molecular flexibility index (Phi) is 3.21. The molecule has 2 N–H and O–H groups in total. The van der Waals surface area contributed by atoms with Crippen LogP contribution in [0.2, 0.25) is 0 Å². The third kappa shape index (κ3) is 2.34. The smallest absolute Gasteiger partial charge is 0.278 e. The lowest BCUT2D eigenvalue weighted by atomic mass is 10.3. The first-order chi connectivity index (χ1) is 8.11. The fourth-order valence-corrected chi connectivity index (χ4v) is 1.41. The fourth-order valence-electron chi connectivity index (χ4n) is 1.41. The SMILES string of the molecule is COCC(N)c1noc(-c2cc(C)n(C)n2)n1. The molecule has 92 valence electrons. The van der Waals surface area contributed by atoms with Crippen LogP contribution in [0.4, 0.5) is 0 Å². The molecule has 0 aliphatic heterocycles. The summed E-state index contributed by atoms with van der Waals surface area (Å²) in [7, 11) is 3.43. The average Bonchev–Trinajstić information content (AvgIpc) is 2.87. The first-order valence-corrected chi connectivity index (χ1v) is 5.21. The first-order valence-electron chi connectivity index (χ1n) is 5.21. The minimum atomic E-state index is -0.387. The Balaban J connectivity index is 2.23. The topological polar surface area (TPSA) is 92.0 Å². The number of nitrogens with zero attached hydrogens (tertiary/aromatic N) is 4. The van der Waals surface area contributed by atoms with E-state index in [9.17, 15) is 0 Å². The van der Waals surface area contributed by atoms with Crippen molar-refractivity contribution in [2.45, 2.75) is 13.0 Å². The van der Waals surface area contributed by atoms with Gasteiger partial charge in [0.2, 0.25) is 0 Å². The van der Waals surface area contributed by atoms with Crippen molar-refractivity contribution in [1.82, 2.24) is 19.9 Å². The molecule has 0 saturated heterocycles. The van der Waals surface area contributed by atoms with Gasteiger partial charge in [-0.15, -0.1) is 0 Å². The number of ether oxygens (including phenoxy) is 1. The number of rotatable bonds is 4. The minimum Gasteiger partial charge on any atom is -0.383 e. The van der Waals surface area contributed by atoms with E-state index in [0.717, 1.165) is 5.69 Å². The van der Waals surface area contributed by atoms with Gasteiger partial charge < -0.3 is 15.0 Å². The zero-order valence-electron chi connectivity index (χ0n) is 10.0. The molecule has 0 aromatic carbocycles. The molecule has 2 rings (SSSR count). The molecule has 0 amide bonds. The van der Waals surface area contributed by atoms with Crippen LogP contribution >= 0.6 is 0 Å². The summed E-state index contributed by atoms with van der Waals surface area (Å²) in [4.78, 5) is 4.19. The second-order valence-electron chi connectivity index (χ2n) is 3.81. The number of nitrogens with two attached hydrogens (primary N) is 1. The van der Waals surface area contributed by atoms with Gasteiger partial charge in [0.15, 0.2) is 11.5 Å². The number of aryl methyl sites for hydroxylation is 2. The summed E-state index contributed by atoms with van der Waals surface area (Å²) < 4.78 is 11.8. The van der Waals surface area contributed by atoms with E-state index in [0.29, 0.717) is 24.0 Å². The Hall–Kier alpha value is -1.73. The summed E-state index contributed by atoms with van der Waals surface area (Å²) in [6, 6.07) is 1.49. The monoisotopic (exact) mass is 237 g/mol. The quantitative estimate of drug-likeness (QED) is 0.828. The normalized spacial score (nSPS) is 12.9. The predicted molar refractivity (Wildman–Crippen MR) is 60.0 cm³/mol. The Morgan fingerprint density at radius 3 is 2.94 bits per heavy atom. The molecule has 1 unspecified atom stereocenters. The fraction of sp³-hybridized carbons (Fsp3) is 0.500. The lowest BCUT2D eigenvalue weighted by Crippen LogP contribution is -2.17. The maximum atomic E-state index is 5.80. The Morgan fingerprint density at radius 2 is 2.35 bits per heavy atom. The molecule has 7 nitrogen and oxygen atoms in total. The van der Waals surface area contributed by atoms with Gasteiger partial charge in [-0.3, -0.25) is 4.68 Å². The van der Waals surface area contributed by atoms with Crippen molar-refractivity contribution < 1.29 is 9.26 Å². The molecule has 2 aromatic rings. The number of aromatic nitrogens is 4. The molecule has 2 aromatic heterocycles. The van der Waals surface area contributed by atoms with Crippen LogP contribution in [-0.2, 0) is 11.8 Å². The molecule has 7 heteroatoms. The van der Waals surface area contributed by atoms with Crippen molar-refractivity contribution in [3.8, 4) is 11.6 Å². The van der Waals surface area contributed by atoms with Crippen molar-refractivity contribution in [3.05, 3.63) is 17.6 Å². The van der Waals surface area contributed by atoms with E-state index >= 15 is 0 Å². The molecular formula is C10H15N5O2. The summed E-state index contributed by atoms with van der Waals surface area (Å²) in [5.41, 5.74) is 7.46. The Bertz CT molecular complexity index is 485. The summed E-state index contributed by atoms with van der Waals surface area (Å²) in [5.74, 6) is 0.792. The summed E-state index contributed by atoms with van der Waals surface area (Å²) in [6.07, 6.45) is 0. The van der Waals surface area contributed by atoms with Crippen molar-refractivity contribution in [2.75, 3.05) is 13.7 Å². The average molecular weight is 237 g/mol. The Labute approximate surface area is 98.6 Å². The van der Waals surface area contributed by atoms with E-state index in [4.69, 9.17) is 15.0 Å². The number of hydrogen-bond donors (Lipinski definition) is 1. The zero-order valence-corrected chi connectivity index (χ0v) is 10.0. The van der Waals surface area contributed by atoms with Crippen LogP contribution in [0.5, 0.6) is 0 Å². The van der Waals surface area contributed by atoms with Gasteiger partial charge in [0, 0.05) is 19.9 Å². The van der Waals surface area contributed by atoms with E-state index in [2.05, 4.69) is 15.2 Å². The molecule has 0 saturated carbocycles. The highest BCUT2D eigenvalue weighted by Gasteiger charge is 2.17. The van der Waals surface area contributed by atoms with Crippen molar-refractivity contribution >= 4 is 0 Å². The third-order valence-electron chi connectivity index (χ3n) is 2.45. The van der Waals surface area contributed by atoms with E-state index < -0.39 is 0 Å². The van der Waals surface area contributed by atoms with Gasteiger partial charge in [0.1, 0.15) is 0 Å². The van der Waals surface area contributed by atoms with E-state index in [1.54, 1.807) is 11.8 Å². The second kappa shape index (κ2) is 4.64. The van der Waals surface area contributed by atoms with Gasteiger partial charge in [-0.2, -0.15) is 10.1 Å². The highest BCUT2D eigenvalue weighted by atomic mass is 16.5. The predicted octanol–water partition coefficient (Wildman–Crippen LogP) is 0.425. The second-order valence-corrected chi connectivity index (χ2v) is 3.81. The van der Waals surface area contributed by atoms with E-state index in [-0.39, 0.29) is 6.04 Å². The Morgan fingerprint density at radius 1 is 1.59 bits per heavy atom. The molecule has 0 fully saturated rings. The maximum Gasteiger partial charge on any atom is 0.278 e. The minimum absolute atomic E-state index is 0.347. The van der Waals surface area contributed by atoms with Crippen molar-refractivity contribution in [1.29, 1.82) is 0 Å². The molecule has 2 heterocycles. The molecule has 1 atom stereocenters. The highest BCUT2D eigenvalue weighted by molar-refractivity contribution is 5.46. The van der Waals surface area contributed by atoms with Crippen LogP contribution in [0.1, 0.15) is 17.6 Å². The van der Waals surface area contributed by atoms with Crippen LogP contribution in [0.25, 0.3) is 11.6 Å². The molecule has 0 aliphatic carbocycles. The zero-order chi connectivity index (χ0) is 12.4. The number of methoxy groups -OCH3 is 1. The van der Waals surface area contributed by atoms with Gasteiger partial charge in [0.25, 0.3) is 5.89 Å².